The van der Waals surface area contributed by atoms with E-state index >= 15 is 0 Å². The predicted molar refractivity (Wildman–Crippen MR) is 104 cm³/mol. The van der Waals surface area contributed by atoms with Crippen LogP contribution in [0.3, 0.4) is 0 Å². The van der Waals surface area contributed by atoms with Gasteiger partial charge in [-0.15, -0.1) is 0 Å². The summed E-state index contributed by atoms with van der Waals surface area (Å²) in [5, 5.41) is 59.8. The van der Waals surface area contributed by atoms with Gasteiger partial charge in [-0.05, 0) is 31.6 Å². The molecule has 4 aliphatic rings. The van der Waals surface area contributed by atoms with Crippen molar-refractivity contribution in [2.75, 3.05) is 6.61 Å². The number of aliphatic hydroxyl groups excluding tert-OH is 6. The lowest BCUT2D eigenvalue weighted by atomic mass is 9.73. The van der Waals surface area contributed by atoms with Crippen LogP contribution in [0.5, 0.6) is 0 Å². The predicted octanol–water partition coefficient (Wildman–Crippen LogP) is -1.78. The number of aliphatic hydroxyl groups is 6. The smallest absolute Gasteiger partial charge is 0.186 e. The van der Waals surface area contributed by atoms with Crippen LogP contribution in [0.2, 0.25) is 0 Å². The molecule has 10 atom stereocenters. The van der Waals surface area contributed by atoms with Gasteiger partial charge in [-0.25, -0.2) is 0 Å². The highest BCUT2D eigenvalue weighted by Gasteiger charge is 2.50. The minimum atomic E-state index is -1.55. The molecule has 0 aromatic rings. The van der Waals surface area contributed by atoms with Gasteiger partial charge < -0.3 is 44.8 Å². The highest BCUT2D eigenvalue weighted by atomic mass is 16.7. The van der Waals surface area contributed by atoms with E-state index < -0.39 is 61.5 Å². The van der Waals surface area contributed by atoms with Crippen molar-refractivity contribution in [1.82, 2.24) is 0 Å². The second-order valence-corrected chi connectivity index (χ2v) is 9.47. The van der Waals surface area contributed by atoms with E-state index in [-0.39, 0.29) is 36.8 Å². The van der Waals surface area contributed by atoms with Gasteiger partial charge >= 0.3 is 0 Å². The Balaban J connectivity index is 1.40. The van der Waals surface area contributed by atoms with E-state index in [1.165, 1.54) is 0 Å². The molecular weight excluding hydrogens is 412 g/mol. The van der Waals surface area contributed by atoms with E-state index in [9.17, 15) is 35.4 Å². The molecule has 4 fully saturated rings. The highest BCUT2D eigenvalue weighted by Crippen LogP contribution is 2.40. The number of carbonyl (C=O) groups is 1. The SMILES string of the molecule is O=C1CC(C2CCC(O)CC2)OC2CC(O[C@@H]3O[C@H](CO)[C@@H](O)[C@H](O)[C@H]3O)CC(O)C12. The van der Waals surface area contributed by atoms with E-state index in [0.29, 0.717) is 19.3 Å². The Bertz CT molecular complexity index is 621. The Labute approximate surface area is 180 Å². The maximum absolute atomic E-state index is 12.8. The normalized spacial score (nSPS) is 51.4. The summed E-state index contributed by atoms with van der Waals surface area (Å²) >= 11 is 0. The summed E-state index contributed by atoms with van der Waals surface area (Å²) in [6, 6.07) is 0. The molecule has 178 valence electrons. The van der Waals surface area contributed by atoms with Crippen molar-refractivity contribution < 1.29 is 49.6 Å². The quantitative estimate of drug-likeness (QED) is 0.291. The Morgan fingerprint density at radius 1 is 0.871 bits per heavy atom. The zero-order chi connectivity index (χ0) is 22.3. The van der Waals surface area contributed by atoms with Gasteiger partial charge in [0.2, 0.25) is 0 Å². The lowest BCUT2D eigenvalue weighted by Gasteiger charge is -2.47. The minimum Gasteiger partial charge on any atom is -0.394 e. The third kappa shape index (κ3) is 4.83. The number of hydrogen-bond donors (Lipinski definition) is 6. The zero-order valence-electron chi connectivity index (χ0n) is 17.4. The monoisotopic (exact) mass is 446 g/mol. The first kappa shape index (κ1) is 23.5. The molecule has 0 aromatic carbocycles. The largest absolute Gasteiger partial charge is 0.394 e. The molecule has 5 unspecified atom stereocenters. The van der Waals surface area contributed by atoms with Crippen molar-refractivity contribution in [1.29, 1.82) is 0 Å². The van der Waals surface area contributed by atoms with Gasteiger partial charge in [-0.3, -0.25) is 4.79 Å². The van der Waals surface area contributed by atoms with Crippen LogP contribution < -0.4 is 0 Å². The Hall–Kier alpha value is -0.690. The third-order valence-electron chi connectivity index (χ3n) is 7.38. The molecule has 2 saturated heterocycles. The molecular formula is C21H34O10. The van der Waals surface area contributed by atoms with Gasteiger partial charge in [0.05, 0.1) is 43.0 Å². The first-order chi connectivity index (χ1) is 14.8. The van der Waals surface area contributed by atoms with E-state index in [0.717, 1.165) is 12.8 Å². The van der Waals surface area contributed by atoms with Gasteiger partial charge in [-0.1, -0.05) is 0 Å². The lowest BCUT2D eigenvalue weighted by molar-refractivity contribution is -0.318. The van der Waals surface area contributed by atoms with Gasteiger partial charge in [0.1, 0.15) is 30.2 Å². The molecule has 2 aliphatic heterocycles. The van der Waals surface area contributed by atoms with Crippen LogP contribution in [0.25, 0.3) is 0 Å². The molecule has 2 heterocycles. The number of rotatable bonds is 4. The summed E-state index contributed by atoms with van der Waals surface area (Å²) in [5.41, 5.74) is 0. The second-order valence-electron chi connectivity index (χ2n) is 9.47. The number of ether oxygens (including phenoxy) is 3. The molecule has 6 N–H and O–H groups in total. The molecule has 0 radical (unpaired) electrons. The maximum Gasteiger partial charge on any atom is 0.186 e. The molecule has 0 amide bonds. The fourth-order valence-electron chi connectivity index (χ4n) is 5.57. The number of ketones is 1. The first-order valence-electron chi connectivity index (χ1n) is 11.3. The average Bonchev–Trinajstić information content (AvgIpc) is 2.74. The van der Waals surface area contributed by atoms with Crippen molar-refractivity contribution in [3.8, 4) is 0 Å². The Morgan fingerprint density at radius 2 is 1.58 bits per heavy atom. The van der Waals surface area contributed by atoms with Crippen molar-refractivity contribution in [2.24, 2.45) is 11.8 Å². The highest BCUT2D eigenvalue weighted by molar-refractivity contribution is 5.83. The first-order valence-corrected chi connectivity index (χ1v) is 11.3. The summed E-state index contributed by atoms with van der Waals surface area (Å²) in [5.74, 6) is -0.455. The van der Waals surface area contributed by atoms with Crippen LogP contribution in [-0.2, 0) is 19.0 Å². The number of carbonyl (C=O) groups excluding carboxylic acids is 1. The average molecular weight is 446 g/mol. The van der Waals surface area contributed by atoms with Crippen LogP contribution in [0.4, 0.5) is 0 Å². The fourth-order valence-corrected chi connectivity index (χ4v) is 5.57. The van der Waals surface area contributed by atoms with Crippen LogP contribution >= 0.6 is 0 Å². The molecule has 10 nitrogen and oxygen atoms in total. The van der Waals surface area contributed by atoms with Gasteiger partial charge in [0.25, 0.3) is 0 Å². The van der Waals surface area contributed by atoms with Crippen LogP contribution in [0.1, 0.15) is 44.9 Å². The van der Waals surface area contributed by atoms with E-state index in [2.05, 4.69) is 0 Å². The number of Topliss-reactive ketones (excluding diaryl/α,β-unsaturated/α-hetero) is 1. The molecule has 0 spiro atoms. The summed E-state index contributed by atoms with van der Waals surface area (Å²) in [7, 11) is 0. The van der Waals surface area contributed by atoms with Crippen molar-refractivity contribution in [3.63, 3.8) is 0 Å². The molecule has 0 aromatic heterocycles. The van der Waals surface area contributed by atoms with Gasteiger partial charge in [0, 0.05) is 19.3 Å². The van der Waals surface area contributed by atoms with Gasteiger partial charge in [0.15, 0.2) is 6.29 Å². The maximum atomic E-state index is 12.8. The standard InChI is InChI=1S/C21H34O10/c22-8-16-18(26)19(27)20(28)21(31-16)29-11-5-12(24)17-13(25)7-14(30-15(17)6-11)9-1-3-10(23)4-2-9/h9-12,14-24,26-28H,1-8H2/t9?,10?,11?,12?,14?,15?,16-,17?,18-,19+,20-,21-/m1/s1. The lowest BCUT2D eigenvalue weighted by Crippen LogP contribution is -2.60. The summed E-state index contributed by atoms with van der Waals surface area (Å²) in [6.45, 7) is -0.557. The van der Waals surface area contributed by atoms with Crippen molar-refractivity contribution >= 4 is 5.78 Å². The Morgan fingerprint density at radius 3 is 2.26 bits per heavy atom. The van der Waals surface area contributed by atoms with Gasteiger partial charge in [-0.2, -0.15) is 0 Å². The molecule has 10 heteroatoms. The van der Waals surface area contributed by atoms with Crippen molar-refractivity contribution in [2.45, 2.75) is 106 Å². The minimum absolute atomic E-state index is 0.0221. The summed E-state index contributed by atoms with van der Waals surface area (Å²) < 4.78 is 17.5. The number of hydrogen-bond acceptors (Lipinski definition) is 10. The zero-order valence-corrected chi connectivity index (χ0v) is 17.4. The molecule has 31 heavy (non-hydrogen) atoms. The van der Waals surface area contributed by atoms with Crippen LogP contribution in [0, 0.1) is 11.8 Å². The van der Waals surface area contributed by atoms with Crippen LogP contribution in [0.15, 0.2) is 0 Å². The third-order valence-corrected chi connectivity index (χ3v) is 7.38. The molecule has 2 saturated carbocycles. The molecule has 4 rings (SSSR count). The molecule has 2 aliphatic carbocycles. The number of fused-ring (bicyclic) bond motifs is 1. The fraction of sp³-hybridized carbons (Fsp3) is 0.952. The molecule has 0 bridgehead atoms. The van der Waals surface area contributed by atoms with E-state index in [4.69, 9.17) is 14.2 Å². The van der Waals surface area contributed by atoms with Crippen molar-refractivity contribution in [3.05, 3.63) is 0 Å². The summed E-state index contributed by atoms with van der Waals surface area (Å²) in [4.78, 5) is 12.8. The topological polar surface area (TPSA) is 166 Å². The van der Waals surface area contributed by atoms with E-state index in [1.807, 2.05) is 0 Å². The van der Waals surface area contributed by atoms with E-state index in [1.54, 1.807) is 0 Å². The second kappa shape index (κ2) is 9.66. The van der Waals surface area contributed by atoms with Crippen LogP contribution in [-0.4, -0.2) is 104 Å². The Kier molecular flexibility index (Phi) is 7.31. The summed E-state index contributed by atoms with van der Waals surface area (Å²) in [6.07, 6.45) is -5.86.